The molecule has 2 heterocycles. The Balaban J connectivity index is 1.81. The zero-order valence-electron chi connectivity index (χ0n) is 15.3. The Morgan fingerprint density at radius 1 is 1.30 bits per heavy atom. The number of hydrogen-bond donors (Lipinski definition) is 1. The molecular formula is C20H21N3O4. The molecule has 0 saturated carbocycles. The highest BCUT2D eigenvalue weighted by atomic mass is 16.5. The van der Waals surface area contributed by atoms with Crippen LogP contribution < -0.4 is 5.56 Å². The van der Waals surface area contributed by atoms with Gasteiger partial charge in [0.15, 0.2) is 0 Å². The fourth-order valence-corrected chi connectivity index (χ4v) is 2.66. The maximum absolute atomic E-state index is 12.6. The third kappa shape index (κ3) is 4.71. The number of nitrogens with one attached hydrogen (secondary N) is 1. The van der Waals surface area contributed by atoms with Crippen molar-refractivity contribution >= 4 is 22.9 Å². The topological polar surface area (TPSA) is 88.4 Å². The molecule has 1 amide bonds. The molecule has 1 aromatic carbocycles. The zero-order valence-corrected chi connectivity index (χ0v) is 15.3. The normalized spacial score (nSPS) is 11.3. The van der Waals surface area contributed by atoms with Gasteiger partial charge < -0.3 is 19.0 Å². The number of nitrogens with zero attached hydrogens (tertiary/aromatic N) is 2. The van der Waals surface area contributed by atoms with Crippen molar-refractivity contribution < 1.29 is 13.9 Å². The minimum atomic E-state index is -0.226. The standard InChI is InChI=1S/C20H21N3O4/c1-14-7-8-15(27-14)9-10-19(24)23(11-12-26-2)13-18-21-17-6-4-3-5-16(17)20(25)22-18/h3-10H,11-13H2,1-2H3,(H,21,22,25). The summed E-state index contributed by atoms with van der Waals surface area (Å²) in [5.41, 5.74) is 0.369. The Morgan fingerprint density at radius 3 is 2.85 bits per heavy atom. The van der Waals surface area contributed by atoms with Crippen LogP contribution in [0.2, 0.25) is 0 Å². The Kier molecular flexibility index (Phi) is 5.83. The van der Waals surface area contributed by atoms with Crippen molar-refractivity contribution in [3.63, 3.8) is 0 Å². The number of H-pyrrole nitrogens is 1. The van der Waals surface area contributed by atoms with E-state index in [0.29, 0.717) is 35.6 Å². The minimum Gasteiger partial charge on any atom is -0.462 e. The van der Waals surface area contributed by atoms with E-state index < -0.39 is 0 Å². The van der Waals surface area contributed by atoms with Gasteiger partial charge in [0.25, 0.3) is 5.56 Å². The van der Waals surface area contributed by atoms with E-state index in [1.165, 1.54) is 6.08 Å². The van der Waals surface area contributed by atoms with E-state index in [1.807, 2.05) is 19.1 Å². The molecule has 0 aliphatic heterocycles. The zero-order chi connectivity index (χ0) is 19.2. The molecule has 0 bridgehead atoms. The summed E-state index contributed by atoms with van der Waals surface area (Å²) in [6, 6.07) is 10.7. The number of carbonyl (C=O) groups excluding carboxylic acids is 1. The van der Waals surface area contributed by atoms with Gasteiger partial charge in [-0.3, -0.25) is 9.59 Å². The molecule has 0 radical (unpaired) electrons. The van der Waals surface area contributed by atoms with Gasteiger partial charge >= 0.3 is 0 Å². The molecule has 0 atom stereocenters. The predicted molar refractivity (Wildman–Crippen MR) is 102 cm³/mol. The van der Waals surface area contributed by atoms with Crippen LogP contribution in [0, 0.1) is 6.92 Å². The van der Waals surface area contributed by atoms with Crippen LogP contribution >= 0.6 is 0 Å². The van der Waals surface area contributed by atoms with E-state index in [1.54, 1.807) is 42.4 Å². The summed E-state index contributed by atoms with van der Waals surface area (Å²) < 4.78 is 10.5. The molecule has 1 N–H and O–H groups in total. The second-order valence-electron chi connectivity index (χ2n) is 6.06. The molecule has 0 aliphatic rings. The summed E-state index contributed by atoms with van der Waals surface area (Å²) in [6.45, 7) is 2.75. The number of fused-ring (bicyclic) bond motifs is 1. The summed E-state index contributed by atoms with van der Waals surface area (Å²) >= 11 is 0. The van der Waals surface area contributed by atoms with E-state index in [2.05, 4.69) is 9.97 Å². The number of ether oxygens (including phenoxy) is 1. The molecule has 0 fully saturated rings. The number of amides is 1. The molecule has 7 heteroatoms. The smallest absolute Gasteiger partial charge is 0.258 e. The maximum atomic E-state index is 12.6. The first-order valence-corrected chi connectivity index (χ1v) is 8.57. The fraction of sp³-hybridized carbons (Fsp3) is 0.250. The van der Waals surface area contributed by atoms with Gasteiger partial charge in [0.1, 0.15) is 17.3 Å². The van der Waals surface area contributed by atoms with Gasteiger partial charge in [-0.05, 0) is 37.3 Å². The number of rotatable bonds is 7. The van der Waals surface area contributed by atoms with Crippen LogP contribution in [0.3, 0.4) is 0 Å². The van der Waals surface area contributed by atoms with Crippen molar-refractivity contribution in [1.29, 1.82) is 0 Å². The van der Waals surface area contributed by atoms with Crippen LogP contribution in [0.5, 0.6) is 0 Å². The van der Waals surface area contributed by atoms with Crippen molar-refractivity contribution in [2.75, 3.05) is 20.3 Å². The summed E-state index contributed by atoms with van der Waals surface area (Å²) in [4.78, 5) is 33.6. The third-order valence-corrected chi connectivity index (χ3v) is 4.03. The lowest BCUT2D eigenvalue weighted by Crippen LogP contribution is -2.33. The first-order chi connectivity index (χ1) is 13.1. The van der Waals surface area contributed by atoms with Gasteiger partial charge in [0.2, 0.25) is 5.91 Å². The lowest BCUT2D eigenvalue weighted by Gasteiger charge is -2.20. The Labute approximate surface area is 156 Å². The Morgan fingerprint density at radius 2 is 2.11 bits per heavy atom. The highest BCUT2D eigenvalue weighted by Gasteiger charge is 2.14. The molecular weight excluding hydrogens is 346 g/mol. The molecule has 0 saturated heterocycles. The number of aromatic amines is 1. The SMILES string of the molecule is COCCN(Cc1nc2ccccc2c(=O)[nH]1)C(=O)C=Cc1ccc(C)o1. The lowest BCUT2D eigenvalue weighted by atomic mass is 10.2. The molecule has 0 aliphatic carbocycles. The monoisotopic (exact) mass is 367 g/mol. The Bertz CT molecular complexity index is 1020. The number of carbonyl (C=O) groups is 1. The van der Waals surface area contributed by atoms with Crippen molar-refractivity contribution in [3.8, 4) is 0 Å². The highest BCUT2D eigenvalue weighted by molar-refractivity contribution is 5.91. The van der Waals surface area contributed by atoms with E-state index in [4.69, 9.17) is 9.15 Å². The van der Waals surface area contributed by atoms with Crippen LogP contribution in [0.4, 0.5) is 0 Å². The predicted octanol–water partition coefficient (Wildman–Crippen LogP) is 2.51. The number of methoxy groups -OCH3 is 1. The number of hydrogen-bond acceptors (Lipinski definition) is 5. The van der Waals surface area contributed by atoms with Crippen LogP contribution in [0.25, 0.3) is 17.0 Å². The van der Waals surface area contributed by atoms with E-state index in [9.17, 15) is 9.59 Å². The number of benzene rings is 1. The van der Waals surface area contributed by atoms with Crippen LogP contribution in [-0.4, -0.2) is 41.0 Å². The third-order valence-electron chi connectivity index (χ3n) is 4.03. The average molecular weight is 367 g/mol. The highest BCUT2D eigenvalue weighted by Crippen LogP contribution is 2.10. The van der Waals surface area contributed by atoms with Crippen molar-refractivity contribution in [2.45, 2.75) is 13.5 Å². The van der Waals surface area contributed by atoms with Gasteiger partial charge in [-0.15, -0.1) is 0 Å². The Hall–Kier alpha value is -3.19. The van der Waals surface area contributed by atoms with E-state index >= 15 is 0 Å². The van der Waals surface area contributed by atoms with Crippen LogP contribution in [0.15, 0.2) is 51.7 Å². The molecule has 140 valence electrons. The minimum absolute atomic E-state index is 0.170. The van der Waals surface area contributed by atoms with Gasteiger partial charge in [-0.1, -0.05) is 12.1 Å². The van der Waals surface area contributed by atoms with Crippen LogP contribution in [0.1, 0.15) is 17.3 Å². The molecule has 27 heavy (non-hydrogen) atoms. The number of aromatic nitrogens is 2. The lowest BCUT2D eigenvalue weighted by molar-refractivity contribution is -0.127. The molecule has 3 rings (SSSR count). The number of aryl methyl sites for hydroxylation is 1. The molecule has 7 nitrogen and oxygen atoms in total. The number of furan rings is 1. The first-order valence-electron chi connectivity index (χ1n) is 8.57. The fourth-order valence-electron chi connectivity index (χ4n) is 2.66. The average Bonchev–Trinajstić information content (AvgIpc) is 3.08. The van der Waals surface area contributed by atoms with Gasteiger partial charge in [-0.25, -0.2) is 4.98 Å². The second kappa shape index (κ2) is 8.46. The maximum Gasteiger partial charge on any atom is 0.258 e. The molecule has 0 unspecified atom stereocenters. The first kappa shape index (κ1) is 18.6. The van der Waals surface area contributed by atoms with Crippen LogP contribution in [-0.2, 0) is 16.1 Å². The van der Waals surface area contributed by atoms with E-state index in [-0.39, 0.29) is 18.0 Å². The summed E-state index contributed by atoms with van der Waals surface area (Å²) in [7, 11) is 1.57. The molecule has 0 spiro atoms. The van der Waals surface area contributed by atoms with Crippen molar-refractivity contribution in [3.05, 3.63) is 70.2 Å². The summed E-state index contributed by atoms with van der Waals surface area (Å²) in [5.74, 6) is 1.57. The largest absolute Gasteiger partial charge is 0.462 e. The summed E-state index contributed by atoms with van der Waals surface area (Å²) in [5, 5.41) is 0.518. The number of para-hydroxylation sites is 1. The van der Waals surface area contributed by atoms with Gasteiger partial charge in [0, 0.05) is 19.7 Å². The molecule has 3 aromatic rings. The van der Waals surface area contributed by atoms with E-state index in [0.717, 1.165) is 5.76 Å². The van der Waals surface area contributed by atoms with Gasteiger partial charge in [0.05, 0.1) is 24.1 Å². The summed E-state index contributed by atoms with van der Waals surface area (Å²) in [6.07, 6.45) is 3.05. The van der Waals surface area contributed by atoms with Crippen molar-refractivity contribution in [1.82, 2.24) is 14.9 Å². The quantitative estimate of drug-likeness (QED) is 0.648. The van der Waals surface area contributed by atoms with Crippen molar-refractivity contribution in [2.24, 2.45) is 0 Å². The second-order valence-corrected chi connectivity index (χ2v) is 6.06. The van der Waals surface area contributed by atoms with Gasteiger partial charge in [-0.2, -0.15) is 0 Å². The molecule has 2 aromatic heterocycles.